The Morgan fingerprint density at radius 3 is 2.29 bits per heavy atom. The van der Waals surface area contributed by atoms with Crippen molar-refractivity contribution < 1.29 is 26.7 Å². The van der Waals surface area contributed by atoms with Crippen molar-refractivity contribution in [3.8, 4) is 0 Å². The number of hydrogen-bond donors (Lipinski definition) is 2. The SMILES string of the molecule is Cc1oc(C)c(S(=O)(=O)Nc2c(F)cccc2F)c1CO. The molecule has 21 heavy (non-hydrogen) atoms. The van der Waals surface area contributed by atoms with Gasteiger partial charge in [0.05, 0.1) is 6.61 Å². The summed E-state index contributed by atoms with van der Waals surface area (Å²) < 4.78 is 58.7. The van der Waals surface area contributed by atoms with Gasteiger partial charge in [0.1, 0.15) is 33.7 Å². The molecule has 1 aromatic carbocycles. The molecule has 2 aromatic rings. The van der Waals surface area contributed by atoms with Gasteiger partial charge in [0.2, 0.25) is 0 Å². The smallest absolute Gasteiger partial charge is 0.265 e. The number of aliphatic hydroxyl groups excluding tert-OH is 1. The van der Waals surface area contributed by atoms with E-state index in [2.05, 4.69) is 0 Å². The lowest BCUT2D eigenvalue weighted by Crippen LogP contribution is -2.17. The predicted molar refractivity (Wildman–Crippen MR) is 71.3 cm³/mol. The van der Waals surface area contributed by atoms with E-state index in [1.165, 1.54) is 13.8 Å². The highest BCUT2D eigenvalue weighted by Crippen LogP contribution is 2.29. The number of halogens is 2. The fourth-order valence-electron chi connectivity index (χ4n) is 2.03. The molecule has 2 rings (SSSR count). The van der Waals surface area contributed by atoms with Crippen molar-refractivity contribution in [2.45, 2.75) is 25.3 Å². The minimum atomic E-state index is -4.29. The van der Waals surface area contributed by atoms with Gasteiger partial charge in [-0.05, 0) is 26.0 Å². The molecular formula is C13H13F2NO4S. The summed E-state index contributed by atoms with van der Waals surface area (Å²) in [6, 6.07) is 2.98. The van der Waals surface area contributed by atoms with Gasteiger partial charge in [-0.1, -0.05) is 6.07 Å². The van der Waals surface area contributed by atoms with Gasteiger partial charge >= 0.3 is 0 Å². The molecule has 0 aliphatic heterocycles. The average Bonchev–Trinajstić information content (AvgIpc) is 2.69. The first-order valence-electron chi connectivity index (χ1n) is 5.94. The molecule has 0 atom stereocenters. The molecule has 0 saturated carbocycles. The van der Waals surface area contributed by atoms with Gasteiger partial charge in [0.25, 0.3) is 10.0 Å². The fourth-order valence-corrected chi connectivity index (χ4v) is 3.54. The Balaban J connectivity index is 2.54. The van der Waals surface area contributed by atoms with E-state index in [1.807, 2.05) is 4.72 Å². The molecule has 0 unspecified atom stereocenters. The largest absolute Gasteiger partial charge is 0.465 e. The Labute approximate surface area is 120 Å². The summed E-state index contributed by atoms with van der Waals surface area (Å²) in [5.41, 5.74) is -0.726. The van der Waals surface area contributed by atoms with Crippen LogP contribution < -0.4 is 4.72 Å². The highest BCUT2D eigenvalue weighted by atomic mass is 32.2. The quantitative estimate of drug-likeness (QED) is 0.908. The van der Waals surface area contributed by atoms with Crippen molar-refractivity contribution in [3.05, 3.63) is 46.9 Å². The van der Waals surface area contributed by atoms with E-state index in [-0.39, 0.29) is 22.0 Å². The van der Waals surface area contributed by atoms with Gasteiger partial charge in [0, 0.05) is 5.56 Å². The maximum Gasteiger partial charge on any atom is 0.265 e. The Hall–Kier alpha value is -1.93. The molecule has 1 aromatic heterocycles. The lowest BCUT2D eigenvalue weighted by atomic mass is 10.2. The molecule has 0 saturated heterocycles. The van der Waals surface area contributed by atoms with Crippen LogP contribution in [-0.2, 0) is 16.6 Å². The third-order valence-corrected chi connectivity index (χ3v) is 4.50. The topological polar surface area (TPSA) is 79.5 Å². The van der Waals surface area contributed by atoms with Gasteiger partial charge in [0.15, 0.2) is 0 Å². The number of aliphatic hydroxyl groups is 1. The van der Waals surface area contributed by atoms with Crippen molar-refractivity contribution in [1.82, 2.24) is 0 Å². The summed E-state index contributed by atoms with van der Waals surface area (Å²) in [6.45, 7) is 2.30. The summed E-state index contributed by atoms with van der Waals surface area (Å²) in [6.07, 6.45) is 0. The molecule has 8 heteroatoms. The van der Waals surface area contributed by atoms with Crippen molar-refractivity contribution in [1.29, 1.82) is 0 Å². The Morgan fingerprint density at radius 2 is 1.76 bits per heavy atom. The standard InChI is InChI=1S/C13H13F2NO4S/c1-7-9(6-17)13(8(2)20-7)21(18,19)16-12-10(14)4-3-5-11(12)15/h3-5,16-17H,6H2,1-2H3. The fraction of sp³-hybridized carbons (Fsp3) is 0.231. The lowest BCUT2D eigenvalue weighted by Gasteiger charge is -2.10. The summed E-state index contributed by atoms with van der Waals surface area (Å²) in [4.78, 5) is -0.315. The van der Waals surface area contributed by atoms with Gasteiger partial charge in [-0.3, -0.25) is 4.72 Å². The molecule has 0 spiro atoms. The van der Waals surface area contributed by atoms with Gasteiger partial charge in [-0.25, -0.2) is 17.2 Å². The van der Waals surface area contributed by atoms with Crippen LogP contribution in [0.1, 0.15) is 17.1 Å². The molecule has 2 N–H and O–H groups in total. The van der Waals surface area contributed by atoms with E-state index >= 15 is 0 Å². The number of benzene rings is 1. The second kappa shape index (κ2) is 5.45. The van der Waals surface area contributed by atoms with E-state index in [0.717, 1.165) is 18.2 Å². The molecule has 0 aliphatic rings. The zero-order chi connectivity index (χ0) is 15.8. The molecule has 0 aliphatic carbocycles. The van der Waals surface area contributed by atoms with Crippen LogP contribution in [0.25, 0.3) is 0 Å². The average molecular weight is 317 g/mol. The first kappa shape index (κ1) is 15.5. The zero-order valence-corrected chi connectivity index (χ0v) is 12.1. The van der Waals surface area contributed by atoms with E-state index in [1.54, 1.807) is 0 Å². The van der Waals surface area contributed by atoms with Gasteiger partial charge in [-0.2, -0.15) is 0 Å². The summed E-state index contributed by atoms with van der Waals surface area (Å²) in [5.74, 6) is -1.82. The van der Waals surface area contributed by atoms with Crippen molar-refractivity contribution in [2.24, 2.45) is 0 Å². The minimum absolute atomic E-state index is 0.0285. The lowest BCUT2D eigenvalue weighted by molar-refractivity contribution is 0.276. The number of hydrogen-bond acceptors (Lipinski definition) is 4. The van der Waals surface area contributed by atoms with Crippen LogP contribution in [0.2, 0.25) is 0 Å². The van der Waals surface area contributed by atoms with Crippen LogP contribution >= 0.6 is 0 Å². The number of anilines is 1. The normalized spacial score (nSPS) is 11.7. The number of furan rings is 1. The van der Waals surface area contributed by atoms with Gasteiger partial charge in [-0.15, -0.1) is 0 Å². The van der Waals surface area contributed by atoms with E-state index in [4.69, 9.17) is 4.42 Å². The van der Waals surface area contributed by atoms with Crippen molar-refractivity contribution in [2.75, 3.05) is 4.72 Å². The van der Waals surface area contributed by atoms with E-state index in [0.29, 0.717) is 0 Å². The maximum absolute atomic E-state index is 13.5. The Bertz CT molecular complexity index is 763. The van der Waals surface area contributed by atoms with Crippen LogP contribution in [0.15, 0.2) is 27.5 Å². The number of rotatable bonds is 4. The molecule has 114 valence electrons. The molecule has 0 bridgehead atoms. The van der Waals surface area contributed by atoms with Crippen LogP contribution in [0.3, 0.4) is 0 Å². The number of para-hydroxylation sites is 1. The van der Waals surface area contributed by atoms with E-state index < -0.39 is 34.0 Å². The predicted octanol–water partition coefficient (Wildman–Crippen LogP) is 2.47. The Morgan fingerprint density at radius 1 is 1.19 bits per heavy atom. The monoisotopic (exact) mass is 317 g/mol. The molecular weight excluding hydrogens is 304 g/mol. The molecule has 1 heterocycles. The maximum atomic E-state index is 13.5. The van der Waals surface area contributed by atoms with Crippen LogP contribution in [0, 0.1) is 25.5 Å². The van der Waals surface area contributed by atoms with Crippen LogP contribution in [0.4, 0.5) is 14.5 Å². The van der Waals surface area contributed by atoms with Crippen LogP contribution in [-0.4, -0.2) is 13.5 Å². The zero-order valence-electron chi connectivity index (χ0n) is 11.3. The third-order valence-electron chi connectivity index (χ3n) is 2.95. The number of aryl methyl sites for hydroxylation is 2. The van der Waals surface area contributed by atoms with Gasteiger partial charge < -0.3 is 9.52 Å². The molecule has 0 radical (unpaired) electrons. The van der Waals surface area contributed by atoms with Crippen LogP contribution in [0.5, 0.6) is 0 Å². The van der Waals surface area contributed by atoms with Crippen molar-refractivity contribution >= 4 is 15.7 Å². The highest BCUT2D eigenvalue weighted by Gasteiger charge is 2.28. The Kier molecular flexibility index (Phi) is 4.02. The second-order valence-electron chi connectivity index (χ2n) is 4.38. The van der Waals surface area contributed by atoms with Crippen molar-refractivity contribution in [3.63, 3.8) is 0 Å². The second-order valence-corrected chi connectivity index (χ2v) is 6.00. The number of nitrogens with one attached hydrogen (secondary N) is 1. The number of sulfonamides is 1. The highest BCUT2D eigenvalue weighted by molar-refractivity contribution is 7.92. The summed E-state index contributed by atoms with van der Waals surface area (Å²) in [7, 11) is -4.29. The molecule has 0 fully saturated rings. The van der Waals surface area contributed by atoms with E-state index in [9.17, 15) is 22.3 Å². The third kappa shape index (κ3) is 2.77. The summed E-state index contributed by atoms with van der Waals surface area (Å²) >= 11 is 0. The first-order chi connectivity index (χ1) is 9.77. The molecule has 5 nitrogen and oxygen atoms in total. The minimum Gasteiger partial charge on any atom is -0.465 e. The summed E-state index contributed by atoms with van der Waals surface area (Å²) in [5, 5.41) is 9.25. The molecule has 0 amide bonds. The first-order valence-corrected chi connectivity index (χ1v) is 7.42.